The summed E-state index contributed by atoms with van der Waals surface area (Å²) in [5, 5.41) is 17.0. The van der Waals surface area contributed by atoms with Gasteiger partial charge in [-0.3, -0.25) is 14.9 Å². The highest BCUT2D eigenvalue weighted by Crippen LogP contribution is 2.34. The number of aryl methyl sites for hydroxylation is 1. The molecule has 1 unspecified atom stereocenters. The number of nitrogens with one attached hydrogen (secondary N) is 2. The van der Waals surface area contributed by atoms with Crippen molar-refractivity contribution in [1.82, 2.24) is 0 Å². The third-order valence-corrected chi connectivity index (χ3v) is 3.33. The maximum Gasteiger partial charge on any atom is 0.292 e. The van der Waals surface area contributed by atoms with E-state index in [4.69, 9.17) is 0 Å². The standard InChI is InChI=1S/C13H17N3O3/c1-3-8(2)14-11-7-10-9(4-5-13(17)15-10)6-12(11)16(18)19/h6-8,14H,3-5H2,1-2H3,(H,15,17). The number of hydrogen-bond acceptors (Lipinski definition) is 4. The second kappa shape index (κ2) is 5.26. The van der Waals surface area contributed by atoms with Crippen molar-refractivity contribution in [1.29, 1.82) is 0 Å². The van der Waals surface area contributed by atoms with E-state index in [0.29, 0.717) is 24.2 Å². The zero-order valence-electron chi connectivity index (χ0n) is 11.0. The van der Waals surface area contributed by atoms with Gasteiger partial charge < -0.3 is 10.6 Å². The SMILES string of the molecule is CCC(C)Nc1cc2c(cc1[N+](=O)[O-])CCC(=O)N2. The number of carbonyl (C=O) groups is 1. The van der Waals surface area contributed by atoms with Crippen molar-refractivity contribution in [2.24, 2.45) is 0 Å². The third kappa shape index (κ3) is 2.83. The Bertz CT molecular complexity index is 528. The monoisotopic (exact) mass is 263 g/mol. The molecule has 102 valence electrons. The molecular weight excluding hydrogens is 246 g/mol. The average molecular weight is 263 g/mol. The van der Waals surface area contributed by atoms with Crippen molar-refractivity contribution in [3.05, 3.63) is 27.8 Å². The second-order valence-corrected chi connectivity index (χ2v) is 4.79. The number of hydrogen-bond donors (Lipinski definition) is 2. The Kier molecular flexibility index (Phi) is 3.69. The first kappa shape index (κ1) is 13.3. The normalized spacial score (nSPS) is 15.4. The van der Waals surface area contributed by atoms with Gasteiger partial charge >= 0.3 is 0 Å². The molecule has 1 heterocycles. The summed E-state index contributed by atoms with van der Waals surface area (Å²) in [6, 6.07) is 3.35. The predicted octanol–water partition coefficient (Wildman–Crippen LogP) is 2.69. The highest BCUT2D eigenvalue weighted by molar-refractivity contribution is 5.95. The molecule has 0 saturated heterocycles. The zero-order chi connectivity index (χ0) is 14.0. The minimum Gasteiger partial charge on any atom is -0.377 e. The first-order chi connectivity index (χ1) is 9.01. The molecular formula is C13H17N3O3. The van der Waals surface area contributed by atoms with Crippen molar-refractivity contribution in [3.8, 4) is 0 Å². The smallest absolute Gasteiger partial charge is 0.292 e. The van der Waals surface area contributed by atoms with Crippen LogP contribution in [0.1, 0.15) is 32.3 Å². The van der Waals surface area contributed by atoms with E-state index >= 15 is 0 Å². The molecule has 1 aliphatic rings. The Labute approximate surface area is 111 Å². The molecule has 1 aromatic carbocycles. The fraction of sp³-hybridized carbons (Fsp3) is 0.462. The minimum atomic E-state index is -0.387. The molecule has 2 rings (SSSR count). The number of amides is 1. The number of fused-ring (bicyclic) bond motifs is 1. The average Bonchev–Trinajstić information content (AvgIpc) is 2.37. The Hall–Kier alpha value is -2.11. The molecule has 1 aliphatic heterocycles. The summed E-state index contributed by atoms with van der Waals surface area (Å²) in [4.78, 5) is 22.1. The Balaban J connectivity index is 2.42. The summed E-state index contributed by atoms with van der Waals surface area (Å²) in [5.74, 6) is -0.0455. The summed E-state index contributed by atoms with van der Waals surface area (Å²) in [6.45, 7) is 3.96. The van der Waals surface area contributed by atoms with E-state index in [9.17, 15) is 14.9 Å². The molecule has 0 radical (unpaired) electrons. The number of nitro benzene ring substituents is 1. The number of nitrogens with zero attached hydrogens (tertiary/aromatic N) is 1. The Morgan fingerprint density at radius 1 is 1.47 bits per heavy atom. The van der Waals surface area contributed by atoms with E-state index in [1.807, 2.05) is 13.8 Å². The lowest BCUT2D eigenvalue weighted by atomic mass is 10.0. The lowest BCUT2D eigenvalue weighted by Crippen LogP contribution is -2.20. The Morgan fingerprint density at radius 3 is 2.84 bits per heavy atom. The van der Waals surface area contributed by atoms with Crippen LogP contribution in [-0.4, -0.2) is 16.9 Å². The molecule has 0 spiro atoms. The summed E-state index contributed by atoms with van der Waals surface area (Å²) in [7, 11) is 0. The van der Waals surface area contributed by atoms with Gasteiger partial charge in [0.05, 0.1) is 4.92 Å². The van der Waals surface area contributed by atoms with E-state index in [-0.39, 0.29) is 22.6 Å². The van der Waals surface area contributed by atoms with Crippen LogP contribution >= 0.6 is 0 Å². The lowest BCUT2D eigenvalue weighted by molar-refractivity contribution is -0.384. The van der Waals surface area contributed by atoms with Crippen LogP contribution in [0.15, 0.2) is 12.1 Å². The van der Waals surface area contributed by atoms with Crippen LogP contribution in [0.5, 0.6) is 0 Å². The first-order valence-electron chi connectivity index (χ1n) is 6.39. The molecule has 1 amide bonds. The predicted molar refractivity (Wildman–Crippen MR) is 73.4 cm³/mol. The number of nitro groups is 1. The topological polar surface area (TPSA) is 84.3 Å². The maximum absolute atomic E-state index is 11.4. The molecule has 6 heteroatoms. The molecule has 0 saturated carbocycles. The number of benzene rings is 1. The summed E-state index contributed by atoms with van der Waals surface area (Å²) in [5.41, 5.74) is 2.02. The van der Waals surface area contributed by atoms with Gasteiger partial charge in [0.15, 0.2) is 0 Å². The van der Waals surface area contributed by atoms with Crippen molar-refractivity contribution in [2.45, 2.75) is 39.2 Å². The molecule has 0 aromatic heterocycles. The van der Waals surface area contributed by atoms with Crippen molar-refractivity contribution < 1.29 is 9.72 Å². The van der Waals surface area contributed by atoms with Gasteiger partial charge in [-0.1, -0.05) is 6.92 Å². The van der Waals surface area contributed by atoms with Crippen LogP contribution in [0.3, 0.4) is 0 Å². The molecule has 1 aromatic rings. The summed E-state index contributed by atoms with van der Waals surface area (Å²) in [6.07, 6.45) is 1.79. The van der Waals surface area contributed by atoms with Crippen molar-refractivity contribution in [2.75, 3.05) is 10.6 Å². The van der Waals surface area contributed by atoms with Gasteiger partial charge in [0.2, 0.25) is 5.91 Å². The van der Waals surface area contributed by atoms with Gasteiger partial charge in [0.1, 0.15) is 5.69 Å². The Morgan fingerprint density at radius 2 is 2.21 bits per heavy atom. The summed E-state index contributed by atoms with van der Waals surface area (Å²) >= 11 is 0. The van der Waals surface area contributed by atoms with Crippen molar-refractivity contribution >= 4 is 23.0 Å². The van der Waals surface area contributed by atoms with Crippen molar-refractivity contribution in [3.63, 3.8) is 0 Å². The number of anilines is 2. The van der Waals surface area contributed by atoms with E-state index < -0.39 is 0 Å². The molecule has 0 aliphatic carbocycles. The molecule has 2 N–H and O–H groups in total. The zero-order valence-corrected chi connectivity index (χ0v) is 11.0. The van der Waals surface area contributed by atoms with Gasteiger partial charge in [0, 0.05) is 24.2 Å². The number of rotatable bonds is 4. The van der Waals surface area contributed by atoms with Crippen LogP contribution in [0, 0.1) is 10.1 Å². The van der Waals surface area contributed by atoms with Gasteiger partial charge in [0.25, 0.3) is 5.69 Å². The maximum atomic E-state index is 11.4. The summed E-state index contributed by atoms with van der Waals surface area (Å²) < 4.78 is 0. The van der Waals surface area contributed by atoms with Crippen LogP contribution in [-0.2, 0) is 11.2 Å². The molecule has 1 atom stereocenters. The molecule has 0 fully saturated rings. The highest BCUT2D eigenvalue weighted by atomic mass is 16.6. The van der Waals surface area contributed by atoms with Crippen LogP contribution in [0.2, 0.25) is 0 Å². The van der Waals surface area contributed by atoms with Gasteiger partial charge in [-0.15, -0.1) is 0 Å². The van der Waals surface area contributed by atoms with Crippen LogP contribution in [0.25, 0.3) is 0 Å². The van der Waals surface area contributed by atoms with Gasteiger partial charge in [-0.05, 0) is 31.4 Å². The van der Waals surface area contributed by atoms with E-state index in [1.165, 1.54) is 0 Å². The van der Waals surface area contributed by atoms with E-state index in [2.05, 4.69) is 10.6 Å². The van der Waals surface area contributed by atoms with Crippen LogP contribution < -0.4 is 10.6 Å². The molecule has 0 bridgehead atoms. The first-order valence-corrected chi connectivity index (χ1v) is 6.39. The third-order valence-electron chi connectivity index (χ3n) is 3.33. The van der Waals surface area contributed by atoms with E-state index in [1.54, 1.807) is 12.1 Å². The highest BCUT2D eigenvalue weighted by Gasteiger charge is 2.22. The molecule has 6 nitrogen and oxygen atoms in total. The quantitative estimate of drug-likeness (QED) is 0.646. The largest absolute Gasteiger partial charge is 0.377 e. The number of carbonyl (C=O) groups excluding carboxylic acids is 1. The van der Waals surface area contributed by atoms with Gasteiger partial charge in [-0.2, -0.15) is 0 Å². The fourth-order valence-corrected chi connectivity index (χ4v) is 2.05. The second-order valence-electron chi connectivity index (χ2n) is 4.79. The fourth-order valence-electron chi connectivity index (χ4n) is 2.05. The molecule has 19 heavy (non-hydrogen) atoms. The van der Waals surface area contributed by atoms with E-state index in [0.717, 1.165) is 12.0 Å². The van der Waals surface area contributed by atoms with Crippen LogP contribution in [0.4, 0.5) is 17.1 Å². The lowest BCUT2D eigenvalue weighted by Gasteiger charge is -2.20. The minimum absolute atomic E-state index is 0.0455. The van der Waals surface area contributed by atoms with Gasteiger partial charge in [-0.25, -0.2) is 0 Å².